The van der Waals surface area contributed by atoms with E-state index >= 15 is 0 Å². The van der Waals surface area contributed by atoms with Crippen molar-refractivity contribution in [2.45, 2.75) is 66.0 Å². The topological polar surface area (TPSA) is 96.8 Å². The summed E-state index contributed by atoms with van der Waals surface area (Å²) < 4.78 is 74.4. The Morgan fingerprint density at radius 1 is 1.05 bits per heavy atom. The maximum Gasteiger partial charge on any atom is 0.433 e. The van der Waals surface area contributed by atoms with Crippen LogP contribution in [0.5, 0.6) is 0 Å². The number of ether oxygens (including phenoxy) is 1. The largest absolute Gasteiger partial charge is 0.479 e. The quantitative estimate of drug-likeness (QED) is 0.369. The Kier molecular flexibility index (Phi) is 7.30. The normalized spacial score (nSPS) is 14.5. The summed E-state index contributed by atoms with van der Waals surface area (Å²) in [7, 11) is -3.95. The van der Waals surface area contributed by atoms with E-state index in [2.05, 4.69) is 4.98 Å². The number of halogens is 3. The molecule has 0 saturated heterocycles. The molecule has 0 radical (unpaired) electrons. The maximum absolute atomic E-state index is 13.7. The molecule has 1 aliphatic heterocycles. The van der Waals surface area contributed by atoms with Gasteiger partial charge in [0.1, 0.15) is 5.69 Å². The van der Waals surface area contributed by atoms with Gasteiger partial charge in [0.2, 0.25) is 10.0 Å². The van der Waals surface area contributed by atoms with Gasteiger partial charge in [0.15, 0.2) is 6.10 Å². The summed E-state index contributed by atoms with van der Waals surface area (Å²) in [5.41, 5.74) is 1.89. The molecule has 0 saturated carbocycles. The Hall–Kier alpha value is -3.44. The summed E-state index contributed by atoms with van der Waals surface area (Å²) in [5.74, 6) is -1.28. The predicted molar refractivity (Wildman–Crippen MR) is 147 cm³/mol. The number of carboxylic acid groups (broad SMARTS) is 1. The van der Waals surface area contributed by atoms with Crippen molar-refractivity contribution in [3.8, 4) is 22.3 Å². The molecule has 0 amide bonds. The van der Waals surface area contributed by atoms with Crippen LogP contribution in [-0.4, -0.2) is 36.3 Å². The fourth-order valence-corrected chi connectivity index (χ4v) is 6.10. The third kappa shape index (κ3) is 5.44. The second kappa shape index (κ2) is 9.88. The number of hydrogen-bond donors (Lipinski definition) is 1. The van der Waals surface area contributed by atoms with Crippen LogP contribution in [-0.2, 0) is 32.3 Å². The molecule has 214 valence electrons. The van der Waals surface area contributed by atoms with E-state index in [0.717, 1.165) is 28.4 Å². The van der Waals surface area contributed by atoms with Crippen LogP contribution < -0.4 is 4.31 Å². The van der Waals surface area contributed by atoms with Gasteiger partial charge in [-0.2, -0.15) is 13.2 Å². The van der Waals surface area contributed by atoms with Crippen LogP contribution in [0, 0.1) is 20.8 Å². The van der Waals surface area contributed by atoms with Gasteiger partial charge in [-0.3, -0.25) is 9.29 Å². The highest BCUT2D eigenvalue weighted by Crippen LogP contribution is 2.52. The molecule has 7 nitrogen and oxygen atoms in total. The SMILES string of the molecule is Cc1ccc(-c2c(C)c3c(c(C)c2[C@H](OC(C)(C)C)C(=O)O)N(S(C)(=O)=O)Cc2cnc(C(F)(F)F)cc2-3)cc1. The van der Waals surface area contributed by atoms with E-state index in [4.69, 9.17) is 4.74 Å². The molecule has 1 aromatic heterocycles. The second-order valence-electron chi connectivity index (χ2n) is 11.1. The van der Waals surface area contributed by atoms with Crippen molar-refractivity contribution in [1.82, 2.24) is 4.98 Å². The molecule has 11 heteroatoms. The number of nitrogens with zero attached hydrogens (tertiary/aromatic N) is 2. The molecule has 0 spiro atoms. The summed E-state index contributed by atoms with van der Waals surface area (Å²) in [6.07, 6.45) is -4.16. The van der Waals surface area contributed by atoms with Gasteiger partial charge in [-0.1, -0.05) is 29.8 Å². The molecule has 0 aliphatic carbocycles. The van der Waals surface area contributed by atoms with Crippen molar-refractivity contribution < 1.29 is 36.2 Å². The molecule has 3 aromatic rings. The number of anilines is 1. The van der Waals surface area contributed by atoms with E-state index in [1.165, 1.54) is 0 Å². The van der Waals surface area contributed by atoms with Gasteiger partial charge >= 0.3 is 12.1 Å². The van der Waals surface area contributed by atoms with Crippen LogP contribution in [0.25, 0.3) is 22.3 Å². The molecule has 0 unspecified atom stereocenters. The fourth-order valence-electron chi connectivity index (χ4n) is 5.17. The van der Waals surface area contributed by atoms with E-state index in [9.17, 15) is 31.5 Å². The first-order valence-electron chi connectivity index (χ1n) is 12.5. The number of aryl methyl sites for hydroxylation is 1. The van der Waals surface area contributed by atoms with Crippen molar-refractivity contribution in [2.75, 3.05) is 10.6 Å². The van der Waals surface area contributed by atoms with E-state index in [0.29, 0.717) is 22.3 Å². The number of fused-ring (bicyclic) bond motifs is 3. The van der Waals surface area contributed by atoms with Gasteiger partial charge < -0.3 is 9.84 Å². The average Bonchev–Trinajstić information content (AvgIpc) is 2.82. The molecule has 0 bridgehead atoms. The summed E-state index contributed by atoms with van der Waals surface area (Å²) >= 11 is 0. The Bertz CT molecular complexity index is 1610. The number of carbonyl (C=O) groups is 1. The van der Waals surface area contributed by atoms with Crippen LogP contribution >= 0.6 is 0 Å². The molecular formula is C29H31F3N2O5S. The highest BCUT2D eigenvalue weighted by molar-refractivity contribution is 7.92. The first-order valence-corrected chi connectivity index (χ1v) is 14.3. The van der Waals surface area contributed by atoms with Crippen LogP contribution in [0.1, 0.15) is 60.4 Å². The Labute approximate surface area is 231 Å². The lowest BCUT2D eigenvalue weighted by Gasteiger charge is -2.37. The van der Waals surface area contributed by atoms with Crippen molar-refractivity contribution in [3.05, 3.63) is 70.0 Å². The highest BCUT2D eigenvalue weighted by Gasteiger charge is 2.40. The number of carboxylic acids is 1. The van der Waals surface area contributed by atoms with Crippen LogP contribution in [0.15, 0.2) is 36.5 Å². The molecule has 1 aliphatic rings. The molecule has 40 heavy (non-hydrogen) atoms. The van der Waals surface area contributed by atoms with Crippen LogP contribution in [0.4, 0.5) is 18.9 Å². The van der Waals surface area contributed by atoms with E-state index < -0.39 is 39.6 Å². The molecule has 0 fully saturated rings. The van der Waals surface area contributed by atoms with Gasteiger partial charge in [0.05, 0.1) is 24.1 Å². The minimum atomic E-state index is -4.72. The molecule has 1 atom stereocenters. The number of aromatic nitrogens is 1. The first-order chi connectivity index (χ1) is 18.3. The van der Waals surface area contributed by atoms with Crippen molar-refractivity contribution in [3.63, 3.8) is 0 Å². The summed E-state index contributed by atoms with van der Waals surface area (Å²) in [4.78, 5) is 16.2. The maximum atomic E-state index is 13.7. The third-order valence-corrected chi connectivity index (χ3v) is 7.94. The predicted octanol–water partition coefficient (Wildman–Crippen LogP) is 6.58. The minimum absolute atomic E-state index is 0.126. The zero-order chi connectivity index (χ0) is 29.9. The first kappa shape index (κ1) is 29.5. The number of benzene rings is 2. The highest BCUT2D eigenvalue weighted by atomic mass is 32.2. The molecule has 2 heterocycles. The lowest BCUT2D eigenvalue weighted by Crippen LogP contribution is -2.35. The van der Waals surface area contributed by atoms with Crippen LogP contribution in [0.3, 0.4) is 0 Å². The fraction of sp³-hybridized carbons (Fsp3) is 0.379. The molecule has 4 rings (SSSR count). The van der Waals surface area contributed by atoms with Gasteiger partial charge in [-0.05, 0) is 81.0 Å². The van der Waals surface area contributed by atoms with Gasteiger partial charge in [-0.15, -0.1) is 0 Å². The lowest BCUT2D eigenvalue weighted by atomic mass is 9.80. The Morgan fingerprint density at radius 3 is 2.15 bits per heavy atom. The monoisotopic (exact) mass is 576 g/mol. The summed E-state index contributed by atoms with van der Waals surface area (Å²) in [6.45, 7) is 10.0. The van der Waals surface area contributed by atoms with Gasteiger partial charge in [0, 0.05) is 17.3 Å². The number of rotatable bonds is 5. The van der Waals surface area contributed by atoms with Gasteiger partial charge in [-0.25, -0.2) is 13.2 Å². The number of pyridine rings is 1. The minimum Gasteiger partial charge on any atom is -0.479 e. The summed E-state index contributed by atoms with van der Waals surface area (Å²) in [5, 5.41) is 10.3. The van der Waals surface area contributed by atoms with Crippen LogP contribution in [0.2, 0.25) is 0 Å². The number of aliphatic carboxylic acids is 1. The zero-order valence-electron chi connectivity index (χ0n) is 23.3. The smallest absolute Gasteiger partial charge is 0.433 e. The second-order valence-corrected chi connectivity index (χ2v) is 13.0. The molecular weight excluding hydrogens is 545 g/mol. The Balaban J connectivity index is 2.23. The number of hydrogen-bond acceptors (Lipinski definition) is 5. The number of alkyl halides is 3. The van der Waals surface area contributed by atoms with Crippen molar-refractivity contribution in [2.24, 2.45) is 0 Å². The molecule has 2 aromatic carbocycles. The third-order valence-electron chi connectivity index (χ3n) is 6.82. The number of sulfonamides is 1. The van der Waals surface area contributed by atoms with Crippen molar-refractivity contribution >= 4 is 21.7 Å². The van der Waals surface area contributed by atoms with E-state index in [1.54, 1.807) is 46.8 Å². The van der Waals surface area contributed by atoms with Gasteiger partial charge in [0.25, 0.3) is 0 Å². The standard InChI is InChI=1S/C29H31F3N2O5S/c1-15-8-10-18(11-9-15)22-16(2)23-20-12-21(29(30,31)32)33-13-19(20)14-34(40(7,37)38)25(23)17(3)24(22)26(27(35)36)39-28(4,5)6/h8-13,26H,14H2,1-7H3,(H,35,36)/t26-/m0/s1. The molecule has 1 N–H and O–H groups in total. The average molecular weight is 577 g/mol. The summed E-state index contributed by atoms with van der Waals surface area (Å²) in [6, 6.07) is 8.22. The van der Waals surface area contributed by atoms with E-state index in [-0.39, 0.29) is 34.5 Å². The lowest BCUT2D eigenvalue weighted by molar-refractivity contribution is -0.160. The Morgan fingerprint density at radius 2 is 1.65 bits per heavy atom. The van der Waals surface area contributed by atoms with E-state index in [1.807, 2.05) is 19.1 Å². The zero-order valence-corrected chi connectivity index (χ0v) is 24.1. The van der Waals surface area contributed by atoms with Crippen molar-refractivity contribution in [1.29, 1.82) is 0 Å².